The molecule has 0 atom stereocenters. The minimum absolute atomic E-state index is 0.162. The van der Waals surface area contributed by atoms with Crippen molar-refractivity contribution in [2.75, 3.05) is 11.1 Å². The van der Waals surface area contributed by atoms with Gasteiger partial charge in [-0.05, 0) is 42.3 Å². The quantitative estimate of drug-likeness (QED) is 0.737. The summed E-state index contributed by atoms with van der Waals surface area (Å²) in [5.74, 6) is -1.00. The van der Waals surface area contributed by atoms with Gasteiger partial charge in [-0.25, -0.2) is 4.79 Å². The van der Waals surface area contributed by atoms with Crippen LogP contribution in [0.1, 0.15) is 22.8 Å². The summed E-state index contributed by atoms with van der Waals surface area (Å²) in [6.07, 6.45) is 0.830. The molecule has 0 aromatic heterocycles. The Kier molecular flexibility index (Phi) is 4.29. The van der Waals surface area contributed by atoms with E-state index in [1.807, 2.05) is 25.1 Å². The third kappa shape index (κ3) is 2.93. The topological polar surface area (TPSA) is 75.3 Å². The fourth-order valence-corrected chi connectivity index (χ4v) is 2.41. The minimum atomic E-state index is -1.00. The van der Waals surface area contributed by atoms with E-state index in [0.29, 0.717) is 11.4 Å². The number of nitrogens with one attached hydrogen (secondary N) is 1. The van der Waals surface area contributed by atoms with Crippen molar-refractivity contribution >= 4 is 39.0 Å². The normalized spacial score (nSPS) is 10.3. The molecule has 5 heteroatoms. The monoisotopic (exact) mass is 334 g/mol. The molecule has 0 heterocycles. The molecule has 20 heavy (non-hydrogen) atoms. The fraction of sp³-hybridized carbons (Fsp3) is 0.133. The van der Waals surface area contributed by atoms with E-state index in [1.54, 1.807) is 12.1 Å². The van der Waals surface area contributed by atoms with Gasteiger partial charge >= 0.3 is 5.97 Å². The minimum Gasteiger partial charge on any atom is -0.478 e. The van der Waals surface area contributed by atoms with Crippen LogP contribution in [0.4, 0.5) is 17.1 Å². The zero-order valence-corrected chi connectivity index (χ0v) is 12.6. The number of halogens is 1. The molecule has 2 aromatic carbocycles. The third-order valence-electron chi connectivity index (χ3n) is 3.03. The zero-order valence-electron chi connectivity index (χ0n) is 11.0. The number of anilines is 3. The highest BCUT2D eigenvalue weighted by molar-refractivity contribution is 9.10. The van der Waals surface area contributed by atoms with Crippen molar-refractivity contribution in [1.29, 1.82) is 0 Å². The first-order valence-electron chi connectivity index (χ1n) is 6.20. The number of hydrogen-bond donors (Lipinski definition) is 3. The summed E-state index contributed by atoms with van der Waals surface area (Å²) in [5, 5.41) is 12.4. The van der Waals surface area contributed by atoms with E-state index in [-0.39, 0.29) is 5.56 Å². The van der Waals surface area contributed by atoms with E-state index < -0.39 is 5.97 Å². The molecule has 0 fully saturated rings. The molecule has 2 rings (SSSR count). The molecule has 4 nitrogen and oxygen atoms in total. The zero-order chi connectivity index (χ0) is 14.7. The molecule has 2 aromatic rings. The van der Waals surface area contributed by atoms with Gasteiger partial charge in [0.05, 0.1) is 16.9 Å². The SMILES string of the molecule is CCc1cc(Br)ccc1Nc1c(N)cccc1C(=O)O. The number of carboxylic acid groups (broad SMARTS) is 1. The van der Waals surface area contributed by atoms with Gasteiger partial charge in [0.1, 0.15) is 0 Å². The van der Waals surface area contributed by atoms with E-state index in [4.69, 9.17) is 5.73 Å². The van der Waals surface area contributed by atoms with Crippen LogP contribution in [0.5, 0.6) is 0 Å². The van der Waals surface area contributed by atoms with Crippen molar-refractivity contribution in [2.45, 2.75) is 13.3 Å². The van der Waals surface area contributed by atoms with Crippen LogP contribution < -0.4 is 11.1 Å². The van der Waals surface area contributed by atoms with Gasteiger partial charge < -0.3 is 16.2 Å². The molecule has 0 amide bonds. The Morgan fingerprint density at radius 3 is 2.75 bits per heavy atom. The maximum atomic E-state index is 11.3. The Morgan fingerprint density at radius 2 is 2.10 bits per heavy atom. The third-order valence-corrected chi connectivity index (χ3v) is 3.53. The smallest absolute Gasteiger partial charge is 0.337 e. The highest BCUT2D eigenvalue weighted by atomic mass is 79.9. The molecule has 0 aliphatic carbocycles. The summed E-state index contributed by atoms with van der Waals surface area (Å²) in [6.45, 7) is 2.04. The number of nitrogens with two attached hydrogens (primary N) is 1. The first-order valence-corrected chi connectivity index (χ1v) is 6.99. The van der Waals surface area contributed by atoms with Crippen LogP contribution in [0.25, 0.3) is 0 Å². The Labute approximate surface area is 125 Å². The number of aryl methyl sites for hydroxylation is 1. The number of hydrogen-bond acceptors (Lipinski definition) is 3. The molecule has 0 saturated heterocycles. The Balaban J connectivity index is 2.47. The van der Waals surface area contributed by atoms with Crippen molar-refractivity contribution in [1.82, 2.24) is 0 Å². The number of carboxylic acids is 1. The van der Waals surface area contributed by atoms with E-state index in [0.717, 1.165) is 22.1 Å². The second-order valence-corrected chi connectivity index (χ2v) is 5.27. The molecule has 0 aliphatic rings. The average Bonchev–Trinajstić information content (AvgIpc) is 2.42. The number of carbonyl (C=O) groups is 1. The lowest BCUT2D eigenvalue weighted by atomic mass is 10.1. The van der Waals surface area contributed by atoms with Gasteiger partial charge in [-0.1, -0.05) is 28.9 Å². The molecule has 104 valence electrons. The van der Waals surface area contributed by atoms with Crippen molar-refractivity contribution < 1.29 is 9.90 Å². The van der Waals surface area contributed by atoms with Crippen molar-refractivity contribution in [2.24, 2.45) is 0 Å². The summed E-state index contributed by atoms with van der Waals surface area (Å²) in [7, 11) is 0. The maximum Gasteiger partial charge on any atom is 0.337 e. The fourth-order valence-electron chi connectivity index (χ4n) is 2.00. The van der Waals surface area contributed by atoms with Crippen LogP contribution in [0.2, 0.25) is 0 Å². The van der Waals surface area contributed by atoms with Crippen LogP contribution in [0.3, 0.4) is 0 Å². The largest absolute Gasteiger partial charge is 0.478 e. The maximum absolute atomic E-state index is 11.3. The molecule has 0 aliphatic heterocycles. The molecule has 0 spiro atoms. The average molecular weight is 335 g/mol. The van der Waals surface area contributed by atoms with Gasteiger partial charge in [0.25, 0.3) is 0 Å². The number of aromatic carboxylic acids is 1. The summed E-state index contributed by atoms with van der Waals surface area (Å²) in [4.78, 5) is 11.3. The van der Waals surface area contributed by atoms with Crippen LogP contribution >= 0.6 is 15.9 Å². The molecule has 0 bridgehead atoms. The molecule has 0 unspecified atom stereocenters. The van der Waals surface area contributed by atoms with Crippen molar-refractivity contribution in [3.63, 3.8) is 0 Å². The second kappa shape index (κ2) is 5.96. The molecule has 0 saturated carbocycles. The molecule has 4 N–H and O–H groups in total. The van der Waals surface area contributed by atoms with Gasteiger partial charge in [0.2, 0.25) is 0 Å². The second-order valence-electron chi connectivity index (χ2n) is 4.35. The van der Waals surface area contributed by atoms with Gasteiger partial charge in [-0.3, -0.25) is 0 Å². The first-order chi connectivity index (χ1) is 9.52. The number of benzene rings is 2. The number of rotatable bonds is 4. The predicted octanol–water partition coefficient (Wildman–Crippen LogP) is 4.04. The van der Waals surface area contributed by atoms with Gasteiger partial charge in [-0.2, -0.15) is 0 Å². The predicted molar refractivity (Wildman–Crippen MR) is 84.6 cm³/mol. The van der Waals surface area contributed by atoms with E-state index in [2.05, 4.69) is 21.2 Å². The summed E-state index contributed by atoms with van der Waals surface area (Å²) in [6, 6.07) is 10.7. The lowest BCUT2D eigenvalue weighted by Gasteiger charge is -2.15. The first kappa shape index (κ1) is 14.4. The molecular formula is C15H15BrN2O2. The van der Waals surface area contributed by atoms with Gasteiger partial charge in [-0.15, -0.1) is 0 Å². The van der Waals surface area contributed by atoms with Crippen LogP contribution in [-0.2, 0) is 6.42 Å². The van der Waals surface area contributed by atoms with E-state index in [1.165, 1.54) is 6.07 Å². The summed E-state index contributed by atoms with van der Waals surface area (Å²) in [5.41, 5.74) is 8.83. The van der Waals surface area contributed by atoms with E-state index in [9.17, 15) is 9.90 Å². The van der Waals surface area contributed by atoms with Gasteiger partial charge in [0, 0.05) is 10.2 Å². The van der Waals surface area contributed by atoms with Crippen LogP contribution in [0, 0.1) is 0 Å². The standard InChI is InChI=1S/C15H15BrN2O2/c1-2-9-8-10(16)6-7-13(9)18-14-11(15(19)20)4-3-5-12(14)17/h3-8,18H,2,17H2,1H3,(H,19,20). The Hall–Kier alpha value is -2.01. The molecular weight excluding hydrogens is 320 g/mol. The van der Waals surface area contributed by atoms with Crippen LogP contribution in [0.15, 0.2) is 40.9 Å². The van der Waals surface area contributed by atoms with Gasteiger partial charge in [0.15, 0.2) is 0 Å². The summed E-state index contributed by atoms with van der Waals surface area (Å²) < 4.78 is 0.986. The van der Waals surface area contributed by atoms with Crippen LogP contribution in [-0.4, -0.2) is 11.1 Å². The van der Waals surface area contributed by atoms with Crippen molar-refractivity contribution in [3.8, 4) is 0 Å². The van der Waals surface area contributed by atoms with E-state index >= 15 is 0 Å². The highest BCUT2D eigenvalue weighted by Crippen LogP contribution is 2.30. The number of nitrogen functional groups attached to an aromatic ring is 1. The number of para-hydroxylation sites is 1. The lowest BCUT2D eigenvalue weighted by molar-refractivity contribution is 0.0698. The lowest BCUT2D eigenvalue weighted by Crippen LogP contribution is -2.06. The molecule has 0 radical (unpaired) electrons. The Morgan fingerprint density at radius 1 is 1.35 bits per heavy atom. The van der Waals surface area contributed by atoms with Crippen molar-refractivity contribution in [3.05, 3.63) is 52.0 Å². The summed E-state index contributed by atoms with van der Waals surface area (Å²) >= 11 is 3.43. The highest BCUT2D eigenvalue weighted by Gasteiger charge is 2.13. The Bertz CT molecular complexity index is 656.